The summed E-state index contributed by atoms with van der Waals surface area (Å²) >= 11 is 12.3. The van der Waals surface area contributed by atoms with Gasteiger partial charge in [-0.25, -0.2) is 12.7 Å². The van der Waals surface area contributed by atoms with Crippen LogP contribution >= 0.6 is 23.2 Å². The molecule has 1 fully saturated rings. The Morgan fingerprint density at radius 2 is 1.83 bits per heavy atom. The second-order valence-corrected chi connectivity index (χ2v) is 9.88. The number of carbonyl (C=O) groups is 1. The Labute approximate surface area is 187 Å². The van der Waals surface area contributed by atoms with Crippen molar-refractivity contribution in [3.8, 4) is 5.75 Å². The SMILES string of the molecule is CCOc1ccc(NC(=O)C2CCCN(S(=O)(=O)Cc3c(Cl)cccc3Cl)C2)cc1. The van der Waals surface area contributed by atoms with Crippen LogP contribution < -0.4 is 10.1 Å². The fourth-order valence-electron chi connectivity index (χ4n) is 3.40. The minimum atomic E-state index is -3.66. The quantitative estimate of drug-likeness (QED) is 0.642. The maximum Gasteiger partial charge on any atom is 0.228 e. The number of nitrogens with one attached hydrogen (secondary N) is 1. The molecule has 3 rings (SSSR count). The predicted octanol–water partition coefficient (Wildman–Crippen LogP) is 4.57. The van der Waals surface area contributed by atoms with Crippen molar-refractivity contribution < 1.29 is 17.9 Å². The highest BCUT2D eigenvalue weighted by Crippen LogP contribution is 2.29. The standard InChI is InChI=1S/C21H24Cl2N2O4S/c1-2-29-17-10-8-16(9-11-17)24-21(26)15-5-4-12-25(13-15)30(27,28)14-18-19(22)6-3-7-20(18)23/h3,6-11,15H,2,4-5,12-14H2,1H3,(H,24,26). The summed E-state index contributed by atoms with van der Waals surface area (Å²) in [6.07, 6.45) is 1.23. The first-order valence-corrected chi connectivity index (χ1v) is 12.1. The van der Waals surface area contributed by atoms with Crippen LogP contribution in [0.2, 0.25) is 10.0 Å². The number of anilines is 1. The zero-order valence-corrected chi connectivity index (χ0v) is 18.9. The van der Waals surface area contributed by atoms with Gasteiger partial charge in [0.15, 0.2) is 0 Å². The van der Waals surface area contributed by atoms with Crippen molar-refractivity contribution >= 4 is 44.8 Å². The molecule has 1 amide bonds. The summed E-state index contributed by atoms with van der Waals surface area (Å²) in [5, 5.41) is 3.49. The van der Waals surface area contributed by atoms with Crippen LogP contribution in [0.1, 0.15) is 25.3 Å². The topological polar surface area (TPSA) is 75.7 Å². The van der Waals surface area contributed by atoms with Gasteiger partial charge >= 0.3 is 0 Å². The molecule has 1 aliphatic rings. The number of benzene rings is 2. The molecule has 2 aromatic carbocycles. The van der Waals surface area contributed by atoms with Crippen molar-refractivity contribution in [2.75, 3.05) is 25.0 Å². The van der Waals surface area contributed by atoms with Gasteiger partial charge in [-0.05, 0) is 56.2 Å². The molecule has 0 radical (unpaired) electrons. The van der Waals surface area contributed by atoms with Gasteiger partial charge < -0.3 is 10.1 Å². The van der Waals surface area contributed by atoms with Crippen LogP contribution in [0.25, 0.3) is 0 Å². The molecule has 0 aliphatic carbocycles. The monoisotopic (exact) mass is 470 g/mol. The van der Waals surface area contributed by atoms with Crippen LogP contribution in [-0.2, 0) is 20.6 Å². The molecule has 1 N–H and O–H groups in total. The fourth-order valence-corrected chi connectivity index (χ4v) is 5.76. The van der Waals surface area contributed by atoms with Crippen LogP contribution in [0.5, 0.6) is 5.75 Å². The number of ether oxygens (including phenoxy) is 1. The van der Waals surface area contributed by atoms with Crippen LogP contribution in [0.15, 0.2) is 42.5 Å². The highest BCUT2D eigenvalue weighted by atomic mass is 35.5. The lowest BCUT2D eigenvalue weighted by atomic mass is 9.99. The number of hydrogen-bond donors (Lipinski definition) is 1. The zero-order valence-electron chi connectivity index (χ0n) is 16.6. The molecule has 6 nitrogen and oxygen atoms in total. The molecule has 1 saturated heterocycles. The summed E-state index contributed by atoms with van der Waals surface area (Å²) in [5.74, 6) is -0.195. The van der Waals surface area contributed by atoms with Crippen molar-refractivity contribution in [2.24, 2.45) is 5.92 Å². The third-order valence-corrected chi connectivity index (χ3v) is 7.45. The number of piperidine rings is 1. The third kappa shape index (κ3) is 5.66. The van der Waals surface area contributed by atoms with E-state index in [9.17, 15) is 13.2 Å². The lowest BCUT2D eigenvalue weighted by Gasteiger charge is -2.31. The van der Waals surface area contributed by atoms with Crippen molar-refractivity contribution in [1.82, 2.24) is 4.31 Å². The van der Waals surface area contributed by atoms with E-state index in [0.717, 1.165) is 5.75 Å². The van der Waals surface area contributed by atoms with Crippen molar-refractivity contribution in [1.29, 1.82) is 0 Å². The molecular weight excluding hydrogens is 447 g/mol. The van der Waals surface area contributed by atoms with E-state index in [-0.39, 0.29) is 18.2 Å². The van der Waals surface area contributed by atoms with Gasteiger partial charge in [0.1, 0.15) is 5.75 Å². The van der Waals surface area contributed by atoms with E-state index in [0.29, 0.717) is 47.3 Å². The molecule has 1 heterocycles. The van der Waals surface area contributed by atoms with Crippen molar-refractivity contribution in [2.45, 2.75) is 25.5 Å². The summed E-state index contributed by atoms with van der Waals surface area (Å²) in [4.78, 5) is 12.7. The maximum atomic E-state index is 12.9. The number of rotatable bonds is 7. The Kier molecular flexibility index (Phi) is 7.63. The van der Waals surface area contributed by atoms with Crippen LogP contribution in [0.3, 0.4) is 0 Å². The number of carbonyl (C=O) groups excluding carboxylic acids is 1. The van der Waals surface area contributed by atoms with Gasteiger partial charge in [-0.2, -0.15) is 0 Å². The van der Waals surface area contributed by atoms with Gasteiger partial charge in [-0.1, -0.05) is 29.3 Å². The van der Waals surface area contributed by atoms with E-state index in [2.05, 4.69) is 5.32 Å². The Balaban J connectivity index is 1.66. The maximum absolute atomic E-state index is 12.9. The smallest absolute Gasteiger partial charge is 0.228 e. The highest BCUT2D eigenvalue weighted by Gasteiger charge is 2.33. The lowest BCUT2D eigenvalue weighted by Crippen LogP contribution is -2.44. The Morgan fingerprint density at radius 1 is 1.17 bits per heavy atom. The molecule has 0 bridgehead atoms. The number of halogens is 2. The number of sulfonamides is 1. The molecule has 9 heteroatoms. The van der Waals surface area contributed by atoms with Crippen LogP contribution in [-0.4, -0.2) is 38.3 Å². The number of hydrogen-bond acceptors (Lipinski definition) is 4. The molecular formula is C21H24Cl2N2O4S. The summed E-state index contributed by atoms with van der Waals surface area (Å²) in [6.45, 7) is 2.97. The zero-order chi connectivity index (χ0) is 21.7. The molecule has 1 unspecified atom stereocenters. The molecule has 0 spiro atoms. The van der Waals surface area contributed by atoms with Crippen LogP contribution in [0, 0.1) is 5.92 Å². The van der Waals surface area contributed by atoms with E-state index >= 15 is 0 Å². The Morgan fingerprint density at radius 3 is 2.47 bits per heavy atom. The van der Waals surface area contributed by atoms with Crippen LogP contribution in [0.4, 0.5) is 5.69 Å². The minimum Gasteiger partial charge on any atom is -0.494 e. The predicted molar refractivity (Wildman–Crippen MR) is 120 cm³/mol. The second kappa shape index (κ2) is 10.0. The first kappa shape index (κ1) is 22.9. The first-order chi connectivity index (χ1) is 14.3. The molecule has 0 saturated carbocycles. The molecule has 30 heavy (non-hydrogen) atoms. The van der Waals surface area contributed by atoms with Gasteiger partial charge in [-0.3, -0.25) is 4.79 Å². The van der Waals surface area contributed by atoms with Gasteiger partial charge in [-0.15, -0.1) is 0 Å². The van der Waals surface area contributed by atoms with E-state index in [1.165, 1.54) is 4.31 Å². The largest absolute Gasteiger partial charge is 0.494 e. The molecule has 1 aliphatic heterocycles. The highest BCUT2D eigenvalue weighted by molar-refractivity contribution is 7.88. The summed E-state index contributed by atoms with van der Waals surface area (Å²) < 4.78 is 32.7. The normalized spacial score (nSPS) is 17.5. The Bertz CT molecular complexity index is 976. The van der Waals surface area contributed by atoms with E-state index in [4.69, 9.17) is 27.9 Å². The number of amides is 1. The van der Waals surface area contributed by atoms with Gasteiger partial charge in [0.25, 0.3) is 0 Å². The minimum absolute atomic E-state index is 0.132. The van der Waals surface area contributed by atoms with Crippen molar-refractivity contribution in [3.63, 3.8) is 0 Å². The average molecular weight is 471 g/mol. The molecule has 0 aromatic heterocycles. The van der Waals surface area contributed by atoms with E-state index in [1.807, 2.05) is 6.92 Å². The first-order valence-electron chi connectivity index (χ1n) is 9.74. The molecule has 162 valence electrons. The lowest BCUT2D eigenvalue weighted by molar-refractivity contribution is -0.120. The average Bonchev–Trinajstić information content (AvgIpc) is 2.72. The summed E-state index contributed by atoms with van der Waals surface area (Å²) in [6, 6.07) is 12.0. The fraction of sp³-hybridized carbons (Fsp3) is 0.381. The van der Waals surface area contributed by atoms with Gasteiger partial charge in [0, 0.05) is 34.4 Å². The summed E-state index contributed by atoms with van der Waals surface area (Å²) in [7, 11) is -3.66. The van der Waals surface area contributed by atoms with E-state index in [1.54, 1.807) is 42.5 Å². The second-order valence-electron chi connectivity index (χ2n) is 7.10. The van der Waals surface area contributed by atoms with Gasteiger partial charge in [0.2, 0.25) is 15.9 Å². The Hall–Kier alpha value is -1.80. The molecule has 1 atom stereocenters. The summed E-state index contributed by atoms with van der Waals surface area (Å²) in [5.41, 5.74) is 1.02. The van der Waals surface area contributed by atoms with Crippen molar-refractivity contribution in [3.05, 3.63) is 58.1 Å². The van der Waals surface area contributed by atoms with Gasteiger partial charge in [0.05, 0.1) is 18.3 Å². The van der Waals surface area contributed by atoms with E-state index < -0.39 is 15.9 Å². The third-order valence-electron chi connectivity index (χ3n) is 4.97. The number of nitrogens with zero attached hydrogens (tertiary/aromatic N) is 1. The molecule has 2 aromatic rings.